The van der Waals surface area contributed by atoms with Gasteiger partial charge in [0.25, 0.3) is 5.91 Å². The summed E-state index contributed by atoms with van der Waals surface area (Å²) in [5, 5.41) is 4.10. The maximum atomic E-state index is 12.3. The van der Waals surface area contributed by atoms with E-state index >= 15 is 0 Å². The van der Waals surface area contributed by atoms with E-state index in [2.05, 4.69) is 5.16 Å². The largest absolute Gasteiger partial charge is 0.467 e. The summed E-state index contributed by atoms with van der Waals surface area (Å²) in [5.41, 5.74) is 7.87. The molecule has 3 rings (SSSR count). The quantitative estimate of drug-likeness (QED) is 0.715. The van der Waals surface area contributed by atoms with Crippen LogP contribution in [0.4, 0.5) is 0 Å². The lowest BCUT2D eigenvalue weighted by atomic mass is 10.1. The van der Waals surface area contributed by atoms with Crippen molar-refractivity contribution in [3.05, 3.63) is 65.8 Å². The molecule has 6 nitrogen and oxygen atoms in total. The van der Waals surface area contributed by atoms with Crippen molar-refractivity contribution < 1.29 is 13.7 Å². The third-order valence-electron chi connectivity index (χ3n) is 3.99. The van der Waals surface area contributed by atoms with Gasteiger partial charge < -0.3 is 19.6 Å². The van der Waals surface area contributed by atoms with Crippen LogP contribution in [0.1, 0.15) is 28.3 Å². The second-order valence-electron chi connectivity index (χ2n) is 5.88. The topological polar surface area (TPSA) is 85.5 Å². The molecule has 0 aliphatic heterocycles. The maximum absolute atomic E-state index is 12.3. The van der Waals surface area contributed by atoms with Crippen LogP contribution in [-0.2, 0) is 13.0 Å². The number of carbonyl (C=O) groups excluding carboxylic acids is 1. The van der Waals surface area contributed by atoms with Crippen LogP contribution in [0, 0.1) is 0 Å². The van der Waals surface area contributed by atoms with Gasteiger partial charge in [-0.05, 0) is 12.5 Å². The summed E-state index contributed by atoms with van der Waals surface area (Å²) in [5.74, 6) is 1.34. The number of hydrogen-bond acceptors (Lipinski definition) is 5. The van der Waals surface area contributed by atoms with E-state index in [4.69, 9.17) is 14.7 Å². The molecule has 1 aromatic carbocycles. The molecular weight excluding hydrogens is 318 g/mol. The van der Waals surface area contributed by atoms with Gasteiger partial charge in [-0.15, -0.1) is 0 Å². The normalized spacial score (nSPS) is 10.8. The number of aryl methyl sites for hydroxylation is 1. The molecule has 0 saturated heterocycles. The minimum absolute atomic E-state index is 0.0778. The molecule has 0 spiro atoms. The summed E-state index contributed by atoms with van der Waals surface area (Å²) < 4.78 is 10.6. The number of carbonyl (C=O) groups is 1. The summed E-state index contributed by atoms with van der Waals surface area (Å²) in [4.78, 5) is 14.0. The van der Waals surface area contributed by atoms with E-state index in [0.717, 1.165) is 29.9 Å². The lowest BCUT2D eigenvalue weighted by Gasteiger charge is -2.15. The van der Waals surface area contributed by atoms with Crippen molar-refractivity contribution in [3.8, 4) is 11.3 Å². The number of benzene rings is 1. The smallest absolute Gasteiger partial charge is 0.256 e. The molecule has 0 aliphatic carbocycles. The van der Waals surface area contributed by atoms with Crippen molar-refractivity contribution in [2.75, 3.05) is 13.6 Å². The predicted octanol–water partition coefficient (Wildman–Crippen LogP) is 3.10. The summed E-state index contributed by atoms with van der Waals surface area (Å²) in [7, 11) is 1.77. The van der Waals surface area contributed by atoms with Crippen LogP contribution in [0.3, 0.4) is 0 Å². The summed E-state index contributed by atoms with van der Waals surface area (Å²) in [6.07, 6.45) is 2.95. The number of nitrogens with two attached hydrogens (primary N) is 1. The molecular formula is C19H21N3O3. The predicted molar refractivity (Wildman–Crippen MR) is 93.8 cm³/mol. The van der Waals surface area contributed by atoms with Gasteiger partial charge in [0, 0.05) is 31.6 Å². The van der Waals surface area contributed by atoms with Gasteiger partial charge in [0.2, 0.25) is 0 Å². The number of aromatic nitrogens is 1. The average molecular weight is 339 g/mol. The van der Waals surface area contributed by atoms with Gasteiger partial charge in [-0.2, -0.15) is 0 Å². The highest BCUT2D eigenvalue weighted by Gasteiger charge is 2.15. The minimum atomic E-state index is -0.0778. The molecule has 2 aromatic heterocycles. The van der Waals surface area contributed by atoms with Gasteiger partial charge in [-0.1, -0.05) is 35.5 Å². The first-order chi connectivity index (χ1) is 12.2. The Morgan fingerprint density at radius 2 is 2.00 bits per heavy atom. The minimum Gasteiger partial charge on any atom is -0.467 e. The molecule has 25 heavy (non-hydrogen) atoms. The molecule has 0 fully saturated rings. The highest BCUT2D eigenvalue weighted by molar-refractivity contribution is 5.93. The third-order valence-corrected chi connectivity index (χ3v) is 3.99. The standard InChI is InChI=1S/C19H21N3O3/c1-22(19(23)15-10-17(12-20)24-13-15)9-5-8-16-11-18(21-25-16)14-6-3-2-4-7-14/h2-4,6-7,10-11,13H,5,8-9,12,20H2,1H3. The second kappa shape index (κ2) is 7.81. The number of amides is 1. The van der Waals surface area contributed by atoms with Crippen molar-refractivity contribution in [2.24, 2.45) is 5.73 Å². The van der Waals surface area contributed by atoms with Crippen LogP contribution in [0.15, 0.2) is 57.7 Å². The fourth-order valence-corrected chi connectivity index (χ4v) is 2.59. The molecule has 6 heteroatoms. The van der Waals surface area contributed by atoms with Crippen molar-refractivity contribution >= 4 is 5.91 Å². The van der Waals surface area contributed by atoms with E-state index in [-0.39, 0.29) is 12.5 Å². The lowest BCUT2D eigenvalue weighted by Crippen LogP contribution is -2.27. The van der Waals surface area contributed by atoms with Crippen LogP contribution < -0.4 is 5.73 Å². The van der Waals surface area contributed by atoms with Crippen LogP contribution >= 0.6 is 0 Å². The van der Waals surface area contributed by atoms with Crippen molar-refractivity contribution in [1.29, 1.82) is 0 Å². The SMILES string of the molecule is CN(CCCc1cc(-c2ccccc2)no1)C(=O)c1coc(CN)c1. The first-order valence-electron chi connectivity index (χ1n) is 8.21. The van der Waals surface area contributed by atoms with Gasteiger partial charge in [-0.3, -0.25) is 4.79 Å². The zero-order valence-corrected chi connectivity index (χ0v) is 14.1. The molecule has 130 valence electrons. The first-order valence-corrected chi connectivity index (χ1v) is 8.21. The zero-order valence-electron chi connectivity index (χ0n) is 14.1. The van der Waals surface area contributed by atoms with E-state index < -0.39 is 0 Å². The molecule has 1 amide bonds. The van der Waals surface area contributed by atoms with Gasteiger partial charge in [0.15, 0.2) is 0 Å². The van der Waals surface area contributed by atoms with Crippen LogP contribution in [-0.4, -0.2) is 29.6 Å². The number of hydrogen-bond donors (Lipinski definition) is 1. The lowest BCUT2D eigenvalue weighted by molar-refractivity contribution is 0.0792. The van der Waals surface area contributed by atoms with Crippen LogP contribution in [0.25, 0.3) is 11.3 Å². The Kier molecular flexibility index (Phi) is 5.30. The van der Waals surface area contributed by atoms with Crippen molar-refractivity contribution in [3.63, 3.8) is 0 Å². The Balaban J connectivity index is 1.51. The van der Waals surface area contributed by atoms with E-state index in [9.17, 15) is 4.79 Å². The van der Waals surface area contributed by atoms with E-state index in [1.807, 2.05) is 36.4 Å². The Labute approximate surface area is 146 Å². The fourth-order valence-electron chi connectivity index (χ4n) is 2.59. The van der Waals surface area contributed by atoms with Gasteiger partial charge in [0.1, 0.15) is 23.5 Å². The molecule has 0 unspecified atom stereocenters. The van der Waals surface area contributed by atoms with Gasteiger partial charge in [0.05, 0.1) is 12.1 Å². The van der Waals surface area contributed by atoms with E-state index in [1.165, 1.54) is 6.26 Å². The molecule has 0 bridgehead atoms. The number of nitrogens with zero attached hydrogens (tertiary/aromatic N) is 2. The average Bonchev–Trinajstić information content (AvgIpc) is 3.31. The molecule has 0 radical (unpaired) electrons. The molecule has 0 saturated carbocycles. The molecule has 0 atom stereocenters. The number of furan rings is 1. The monoisotopic (exact) mass is 339 g/mol. The van der Waals surface area contributed by atoms with E-state index in [1.54, 1.807) is 18.0 Å². The van der Waals surface area contributed by atoms with Crippen molar-refractivity contribution in [1.82, 2.24) is 10.1 Å². The number of rotatable bonds is 7. The second-order valence-corrected chi connectivity index (χ2v) is 5.88. The van der Waals surface area contributed by atoms with Crippen LogP contribution in [0.2, 0.25) is 0 Å². The summed E-state index contributed by atoms with van der Waals surface area (Å²) >= 11 is 0. The van der Waals surface area contributed by atoms with Gasteiger partial charge in [-0.25, -0.2) is 0 Å². The molecule has 2 heterocycles. The molecule has 2 N–H and O–H groups in total. The van der Waals surface area contributed by atoms with Gasteiger partial charge >= 0.3 is 0 Å². The Hall–Kier alpha value is -2.86. The van der Waals surface area contributed by atoms with E-state index in [0.29, 0.717) is 17.9 Å². The highest BCUT2D eigenvalue weighted by atomic mass is 16.5. The maximum Gasteiger partial charge on any atom is 0.256 e. The summed E-state index contributed by atoms with van der Waals surface area (Å²) in [6, 6.07) is 13.5. The van der Waals surface area contributed by atoms with Crippen molar-refractivity contribution in [2.45, 2.75) is 19.4 Å². The zero-order chi connectivity index (χ0) is 17.6. The Morgan fingerprint density at radius 3 is 2.72 bits per heavy atom. The Bertz CT molecular complexity index is 823. The third kappa shape index (κ3) is 4.16. The Morgan fingerprint density at radius 1 is 1.20 bits per heavy atom. The highest BCUT2D eigenvalue weighted by Crippen LogP contribution is 2.19. The summed E-state index contributed by atoms with van der Waals surface area (Å²) in [6.45, 7) is 0.898. The molecule has 3 aromatic rings. The fraction of sp³-hybridized carbons (Fsp3) is 0.263. The van der Waals surface area contributed by atoms with Crippen LogP contribution in [0.5, 0.6) is 0 Å². The first kappa shape index (κ1) is 17.0. The molecule has 0 aliphatic rings.